The lowest BCUT2D eigenvalue weighted by molar-refractivity contribution is -0.134. The SMILES string of the molecule is CC(C)(C)[Si](C)(C)OCC(=CC[C@@H](C(=O)N1C(=O)OC[C@@H]1c1ccccc1)[C@H](Nc1ccc(F)cc1)c1ccc(OC(=O)c2ccccc2)cc1)c1ccc(F)cc1. The largest absolute Gasteiger partial charge is 0.446 e. The molecule has 11 heteroatoms. The molecule has 0 bridgehead atoms. The van der Waals surface area contributed by atoms with Crippen molar-refractivity contribution in [3.8, 4) is 5.75 Å². The highest BCUT2D eigenvalue weighted by Crippen LogP contribution is 2.39. The van der Waals surface area contributed by atoms with Crippen LogP contribution in [0, 0.1) is 17.6 Å². The maximum Gasteiger partial charge on any atom is 0.417 e. The van der Waals surface area contributed by atoms with E-state index >= 15 is 4.79 Å². The molecule has 300 valence electrons. The van der Waals surface area contributed by atoms with E-state index in [-0.39, 0.29) is 36.2 Å². The van der Waals surface area contributed by atoms with Crippen LogP contribution in [0.5, 0.6) is 5.75 Å². The third-order valence-electron chi connectivity index (χ3n) is 10.9. The van der Waals surface area contributed by atoms with Gasteiger partial charge in [-0.15, -0.1) is 0 Å². The number of hydrogen-bond donors (Lipinski definition) is 1. The molecular weight excluding hydrogens is 755 g/mol. The summed E-state index contributed by atoms with van der Waals surface area (Å²) in [6.45, 7) is 10.9. The van der Waals surface area contributed by atoms with Crippen molar-refractivity contribution in [2.24, 2.45) is 5.92 Å². The lowest BCUT2D eigenvalue weighted by atomic mass is 9.87. The maximum absolute atomic E-state index is 15.2. The average Bonchev–Trinajstić information content (AvgIpc) is 3.61. The zero-order valence-corrected chi connectivity index (χ0v) is 34.3. The van der Waals surface area contributed by atoms with Crippen molar-refractivity contribution in [2.75, 3.05) is 18.5 Å². The fourth-order valence-corrected chi connectivity index (χ4v) is 7.39. The lowest BCUT2D eigenvalue weighted by Crippen LogP contribution is -2.42. The summed E-state index contributed by atoms with van der Waals surface area (Å²) in [4.78, 5) is 42.7. The third kappa shape index (κ3) is 10.1. The number of anilines is 1. The number of nitrogens with zero attached hydrogens (tertiary/aromatic N) is 1. The molecular formula is C47H48F2N2O6Si. The highest BCUT2D eigenvalue weighted by molar-refractivity contribution is 6.74. The van der Waals surface area contributed by atoms with Crippen molar-refractivity contribution < 1.29 is 37.1 Å². The predicted molar refractivity (Wildman–Crippen MR) is 224 cm³/mol. The molecule has 0 aliphatic carbocycles. The second-order valence-electron chi connectivity index (χ2n) is 15.8. The third-order valence-corrected chi connectivity index (χ3v) is 15.3. The molecule has 2 amide bonds. The standard InChI is InChI=1S/C47H48F2N2O6Si/c1-47(2,3)58(4,5)56-30-36(32-16-21-37(48)22-17-32)20-29-41(44(52)51-42(31-55-46(51)54)33-12-8-6-9-13-33)43(50-39-25-23-38(49)24-26-39)34-18-27-40(28-19-34)57-45(53)35-14-10-7-11-15-35/h6-28,41-43,50H,29-31H2,1-5H3/t41-,42-,43-/m1/s1. The van der Waals surface area contributed by atoms with E-state index in [1.165, 1.54) is 29.2 Å². The molecule has 6 rings (SSSR count). The first-order valence-corrected chi connectivity index (χ1v) is 22.1. The number of ether oxygens (including phenoxy) is 2. The first-order valence-electron chi connectivity index (χ1n) is 19.2. The second kappa shape index (κ2) is 18.1. The molecule has 3 atom stereocenters. The number of hydrogen-bond acceptors (Lipinski definition) is 7. The van der Waals surface area contributed by atoms with Crippen LogP contribution in [0.3, 0.4) is 0 Å². The molecule has 5 aromatic carbocycles. The molecule has 58 heavy (non-hydrogen) atoms. The van der Waals surface area contributed by atoms with Crippen molar-refractivity contribution >= 4 is 37.5 Å². The van der Waals surface area contributed by atoms with Crippen LogP contribution in [0.4, 0.5) is 19.3 Å². The summed E-state index contributed by atoms with van der Waals surface area (Å²) in [5.74, 6) is -2.53. The van der Waals surface area contributed by atoms with Gasteiger partial charge in [-0.3, -0.25) is 4.79 Å². The van der Waals surface area contributed by atoms with Crippen molar-refractivity contribution in [1.82, 2.24) is 4.90 Å². The van der Waals surface area contributed by atoms with Gasteiger partial charge in [-0.1, -0.05) is 99.6 Å². The number of imide groups is 1. The highest BCUT2D eigenvalue weighted by atomic mass is 28.4. The molecule has 0 spiro atoms. The van der Waals surface area contributed by atoms with Crippen LogP contribution in [0.2, 0.25) is 18.1 Å². The van der Waals surface area contributed by atoms with E-state index < -0.39 is 50.1 Å². The molecule has 5 aromatic rings. The van der Waals surface area contributed by atoms with Gasteiger partial charge in [0.05, 0.1) is 24.1 Å². The molecule has 0 aromatic heterocycles. The number of carbonyl (C=O) groups is 3. The molecule has 1 heterocycles. The Kier molecular flexibility index (Phi) is 13.0. The van der Waals surface area contributed by atoms with E-state index in [1.54, 1.807) is 78.9 Å². The van der Waals surface area contributed by atoms with Gasteiger partial charge < -0.3 is 19.2 Å². The fraction of sp³-hybridized carbons (Fsp3) is 0.255. The molecule has 1 aliphatic heterocycles. The normalized spacial score (nSPS) is 15.7. The Morgan fingerprint density at radius 2 is 1.41 bits per heavy atom. The van der Waals surface area contributed by atoms with Gasteiger partial charge in [0.15, 0.2) is 8.32 Å². The number of esters is 1. The Morgan fingerprint density at radius 1 is 0.828 bits per heavy atom. The monoisotopic (exact) mass is 802 g/mol. The summed E-state index contributed by atoms with van der Waals surface area (Å²) in [6.07, 6.45) is 1.25. The van der Waals surface area contributed by atoms with Crippen molar-refractivity contribution in [3.05, 3.63) is 173 Å². The summed E-state index contributed by atoms with van der Waals surface area (Å²) in [5.41, 5.74) is 3.74. The van der Waals surface area contributed by atoms with Crippen LogP contribution in [0.15, 0.2) is 140 Å². The minimum absolute atomic E-state index is 0.0180. The molecule has 1 aliphatic rings. The Bertz CT molecular complexity index is 2210. The Morgan fingerprint density at radius 3 is 2.02 bits per heavy atom. The number of carbonyl (C=O) groups excluding carboxylic acids is 3. The molecule has 1 saturated heterocycles. The van der Waals surface area contributed by atoms with Crippen molar-refractivity contribution in [2.45, 2.75) is 57.4 Å². The van der Waals surface area contributed by atoms with Gasteiger partial charge in [-0.05, 0) is 107 Å². The number of rotatable bonds is 14. The summed E-state index contributed by atoms with van der Waals surface area (Å²) in [5, 5.41) is 3.36. The van der Waals surface area contributed by atoms with Gasteiger partial charge in [0.25, 0.3) is 0 Å². The number of cyclic esters (lactones) is 1. The molecule has 0 radical (unpaired) electrons. The Hall–Kier alpha value is -5.91. The Labute approximate surface area is 339 Å². The summed E-state index contributed by atoms with van der Waals surface area (Å²) < 4.78 is 46.2. The number of benzene rings is 5. The van der Waals surface area contributed by atoms with E-state index in [1.807, 2.05) is 36.4 Å². The van der Waals surface area contributed by atoms with E-state index in [2.05, 4.69) is 39.2 Å². The Balaban J connectivity index is 1.44. The lowest BCUT2D eigenvalue weighted by Gasteiger charge is -2.36. The number of allylic oxidation sites excluding steroid dienone is 1. The van der Waals surface area contributed by atoms with Crippen LogP contribution < -0.4 is 10.1 Å². The topological polar surface area (TPSA) is 94.2 Å². The smallest absolute Gasteiger partial charge is 0.417 e. The van der Waals surface area contributed by atoms with E-state index in [9.17, 15) is 18.4 Å². The average molecular weight is 803 g/mol. The first kappa shape index (κ1) is 41.7. The van der Waals surface area contributed by atoms with E-state index in [4.69, 9.17) is 13.9 Å². The van der Waals surface area contributed by atoms with Crippen molar-refractivity contribution in [1.29, 1.82) is 0 Å². The minimum atomic E-state index is -2.27. The van der Waals surface area contributed by atoms with Gasteiger partial charge in [-0.2, -0.15) is 0 Å². The van der Waals surface area contributed by atoms with Crippen LogP contribution in [-0.2, 0) is 14.0 Å². The van der Waals surface area contributed by atoms with Gasteiger partial charge in [0.1, 0.15) is 30.0 Å². The highest BCUT2D eigenvalue weighted by Gasteiger charge is 2.44. The number of amides is 2. The van der Waals surface area contributed by atoms with Crippen LogP contribution in [0.25, 0.3) is 5.57 Å². The predicted octanol–water partition coefficient (Wildman–Crippen LogP) is 11.2. The van der Waals surface area contributed by atoms with E-state index in [0.29, 0.717) is 16.8 Å². The molecule has 1 fully saturated rings. The molecule has 1 N–H and O–H groups in total. The minimum Gasteiger partial charge on any atom is -0.446 e. The van der Waals surface area contributed by atoms with Gasteiger partial charge in [0, 0.05) is 5.69 Å². The van der Waals surface area contributed by atoms with Crippen LogP contribution in [-0.4, -0.2) is 44.4 Å². The van der Waals surface area contributed by atoms with Crippen LogP contribution >= 0.6 is 0 Å². The quantitative estimate of drug-likeness (QED) is 0.0679. The molecule has 0 unspecified atom stereocenters. The van der Waals surface area contributed by atoms with Crippen molar-refractivity contribution in [3.63, 3.8) is 0 Å². The number of halogens is 2. The zero-order valence-electron chi connectivity index (χ0n) is 33.3. The fourth-order valence-electron chi connectivity index (χ4n) is 6.44. The van der Waals surface area contributed by atoms with Gasteiger partial charge in [-0.25, -0.2) is 23.3 Å². The second-order valence-corrected chi connectivity index (χ2v) is 20.6. The first-order chi connectivity index (χ1) is 27.7. The molecule has 8 nitrogen and oxygen atoms in total. The van der Waals surface area contributed by atoms with Crippen LogP contribution in [0.1, 0.15) is 66.3 Å². The number of nitrogens with one attached hydrogen (secondary N) is 1. The van der Waals surface area contributed by atoms with E-state index in [0.717, 1.165) is 16.7 Å². The summed E-state index contributed by atoms with van der Waals surface area (Å²) in [6, 6.07) is 35.0. The summed E-state index contributed by atoms with van der Waals surface area (Å²) >= 11 is 0. The summed E-state index contributed by atoms with van der Waals surface area (Å²) in [7, 11) is -2.27. The zero-order chi connectivity index (χ0) is 41.5. The van der Waals surface area contributed by atoms with Gasteiger partial charge >= 0.3 is 12.1 Å². The van der Waals surface area contributed by atoms with Gasteiger partial charge in [0.2, 0.25) is 5.91 Å². The maximum atomic E-state index is 15.2. The molecule has 0 saturated carbocycles.